The highest BCUT2D eigenvalue weighted by Crippen LogP contribution is 2.20. The van der Waals surface area contributed by atoms with Crippen molar-refractivity contribution >= 4 is 22.5 Å². The molecular weight excluding hydrogens is 214 g/mol. The van der Waals surface area contributed by atoms with Crippen LogP contribution in [-0.2, 0) is 4.79 Å². The van der Waals surface area contributed by atoms with Gasteiger partial charge >= 0.3 is 0 Å². The number of carbonyl (C=O) groups is 1. The van der Waals surface area contributed by atoms with Crippen molar-refractivity contribution in [3.05, 3.63) is 36.5 Å². The molecule has 1 aromatic carbocycles. The summed E-state index contributed by atoms with van der Waals surface area (Å²) in [6.45, 7) is 2.01. The van der Waals surface area contributed by atoms with Gasteiger partial charge in [-0.25, -0.2) is 0 Å². The Morgan fingerprint density at radius 3 is 3.12 bits per heavy atom. The summed E-state index contributed by atoms with van der Waals surface area (Å²) in [4.78, 5) is 17.7. The third-order valence-corrected chi connectivity index (χ3v) is 2.99. The number of nitrogens with zero attached hydrogens (tertiary/aromatic N) is 2. The number of nitrogens with one attached hydrogen (secondary N) is 1. The summed E-state index contributed by atoms with van der Waals surface area (Å²) in [7, 11) is 0. The van der Waals surface area contributed by atoms with Crippen LogP contribution in [0.25, 0.3) is 10.9 Å². The van der Waals surface area contributed by atoms with Crippen molar-refractivity contribution in [2.45, 2.75) is 0 Å². The summed E-state index contributed by atoms with van der Waals surface area (Å²) < 4.78 is 0. The first kappa shape index (κ1) is 10.1. The van der Waals surface area contributed by atoms with Crippen LogP contribution in [0.4, 0.5) is 5.69 Å². The first-order chi connectivity index (χ1) is 8.33. The second-order valence-electron chi connectivity index (χ2n) is 4.15. The lowest BCUT2D eigenvalue weighted by molar-refractivity contribution is -0.120. The molecule has 1 aliphatic heterocycles. The van der Waals surface area contributed by atoms with Crippen molar-refractivity contribution in [1.82, 2.24) is 10.3 Å². The molecule has 1 fully saturated rings. The topological polar surface area (TPSA) is 45.2 Å². The lowest BCUT2D eigenvalue weighted by Crippen LogP contribution is -2.47. The number of carbonyl (C=O) groups excluding carboxylic acids is 1. The van der Waals surface area contributed by atoms with Crippen molar-refractivity contribution < 1.29 is 4.79 Å². The van der Waals surface area contributed by atoms with E-state index in [4.69, 9.17) is 0 Å². The lowest BCUT2D eigenvalue weighted by Gasteiger charge is -2.28. The normalized spacial score (nSPS) is 16.0. The van der Waals surface area contributed by atoms with Gasteiger partial charge in [0.05, 0.1) is 12.1 Å². The van der Waals surface area contributed by atoms with Crippen molar-refractivity contribution in [1.29, 1.82) is 0 Å². The van der Waals surface area contributed by atoms with Gasteiger partial charge < -0.3 is 10.2 Å². The maximum absolute atomic E-state index is 11.3. The van der Waals surface area contributed by atoms with Crippen molar-refractivity contribution in [2.24, 2.45) is 0 Å². The van der Waals surface area contributed by atoms with E-state index in [2.05, 4.69) is 21.3 Å². The molecule has 1 aromatic heterocycles. The Kier molecular flexibility index (Phi) is 2.40. The molecule has 0 saturated carbocycles. The minimum atomic E-state index is 0.0857. The number of piperazine rings is 1. The van der Waals surface area contributed by atoms with E-state index >= 15 is 0 Å². The Balaban J connectivity index is 1.97. The van der Waals surface area contributed by atoms with Gasteiger partial charge in [0, 0.05) is 30.4 Å². The highest BCUT2D eigenvalue weighted by Gasteiger charge is 2.16. The van der Waals surface area contributed by atoms with Crippen LogP contribution >= 0.6 is 0 Å². The summed E-state index contributed by atoms with van der Waals surface area (Å²) in [5.74, 6) is 0.0857. The number of pyridine rings is 1. The van der Waals surface area contributed by atoms with Crippen LogP contribution in [-0.4, -0.2) is 30.5 Å². The monoisotopic (exact) mass is 227 g/mol. The molecular formula is C13H13N3O. The van der Waals surface area contributed by atoms with Gasteiger partial charge in [-0.2, -0.15) is 0 Å². The number of rotatable bonds is 1. The van der Waals surface area contributed by atoms with Crippen LogP contribution in [0.2, 0.25) is 0 Å². The van der Waals surface area contributed by atoms with Gasteiger partial charge in [0.1, 0.15) is 0 Å². The fraction of sp³-hybridized carbons (Fsp3) is 0.231. The molecule has 3 rings (SSSR count). The third kappa shape index (κ3) is 1.93. The van der Waals surface area contributed by atoms with E-state index in [1.807, 2.05) is 24.3 Å². The summed E-state index contributed by atoms with van der Waals surface area (Å²) in [5, 5.41) is 3.93. The lowest BCUT2D eigenvalue weighted by atomic mass is 10.1. The fourth-order valence-electron chi connectivity index (χ4n) is 2.12. The Labute approximate surface area is 99.3 Å². The fourth-order valence-corrected chi connectivity index (χ4v) is 2.12. The van der Waals surface area contributed by atoms with Gasteiger partial charge in [-0.3, -0.25) is 9.78 Å². The van der Waals surface area contributed by atoms with Crippen molar-refractivity contribution in [3.63, 3.8) is 0 Å². The standard InChI is InChI=1S/C13H13N3O/c17-13-9-16(7-6-15-13)11-3-4-12-10(8-11)2-1-5-14-12/h1-5,8H,6-7,9H2,(H,15,17). The summed E-state index contributed by atoms with van der Waals surface area (Å²) in [5.41, 5.74) is 2.07. The predicted octanol–water partition coefficient (Wildman–Crippen LogP) is 1.17. The first-order valence-corrected chi connectivity index (χ1v) is 5.69. The van der Waals surface area contributed by atoms with Gasteiger partial charge in [0.15, 0.2) is 0 Å². The molecule has 1 amide bonds. The summed E-state index contributed by atoms with van der Waals surface area (Å²) >= 11 is 0. The number of hydrogen-bond donors (Lipinski definition) is 1. The SMILES string of the molecule is O=C1CN(c2ccc3ncccc3c2)CCN1. The third-order valence-electron chi connectivity index (χ3n) is 2.99. The Morgan fingerprint density at radius 2 is 2.24 bits per heavy atom. The molecule has 4 nitrogen and oxygen atoms in total. The zero-order chi connectivity index (χ0) is 11.7. The largest absolute Gasteiger partial charge is 0.360 e. The molecule has 0 unspecified atom stereocenters. The molecule has 0 atom stereocenters. The number of amides is 1. The number of anilines is 1. The highest BCUT2D eigenvalue weighted by atomic mass is 16.2. The molecule has 0 spiro atoms. The number of fused-ring (bicyclic) bond motifs is 1. The number of benzene rings is 1. The van der Waals surface area contributed by atoms with Gasteiger partial charge in [-0.05, 0) is 24.3 Å². The minimum Gasteiger partial charge on any atom is -0.360 e. The molecule has 2 heterocycles. The van der Waals surface area contributed by atoms with Crippen LogP contribution in [0.1, 0.15) is 0 Å². The molecule has 1 aliphatic rings. The zero-order valence-corrected chi connectivity index (χ0v) is 9.39. The predicted molar refractivity (Wildman–Crippen MR) is 67.0 cm³/mol. The van der Waals surface area contributed by atoms with Crippen molar-refractivity contribution in [3.8, 4) is 0 Å². The van der Waals surface area contributed by atoms with Gasteiger partial charge in [-0.15, -0.1) is 0 Å². The average molecular weight is 227 g/mol. The zero-order valence-electron chi connectivity index (χ0n) is 9.39. The molecule has 2 aromatic rings. The Morgan fingerprint density at radius 1 is 1.29 bits per heavy atom. The van der Waals surface area contributed by atoms with Gasteiger partial charge in [0.25, 0.3) is 0 Å². The van der Waals surface area contributed by atoms with E-state index in [0.717, 1.165) is 23.1 Å². The maximum atomic E-state index is 11.3. The van der Waals surface area contributed by atoms with Gasteiger partial charge in [0.2, 0.25) is 5.91 Å². The molecule has 4 heteroatoms. The van der Waals surface area contributed by atoms with Crippen LogP contribution in [0, 0.1) is 0 Å². The van der Waals surface area contributed by atoms with Gasteiger partial charge in [-0.1, -0.05) is 6.07 Å². The minimum absolute atomic E-state index is 0.0857. The molecule has 1 saturated heterocycles. The molecule has 17 heavy (non-hydrogen) atoms. The first-order valence-electron chi connectivity index (χ1n) is 5.69. The molecule has 0 radical (unpaired) electrons. The number of hydrogen-bond acceptors (Lipinski definition) is 3. The smallest absolute Gasteiger partial charge is 0.239 e. The van der Waals surface area contributed by atoms with E-state index < -0.39 is 0 Å². The molecule has 0 bridgehead atoms. The average Bonchev–Trinajstić information content (AvgIpc) is 2.38. The van der Waals surface area contributed by atoms with E-state index in [9.17, 15) is 4.79 Å². The van der Waals surface area contributed by atoms with E-state index in [-0.39, 0.29) is 5.91 Å². The molecule has 0 aliphatic carbocycles. The maximum Gasteiger partial charge on any atom is 0.239 e. The van der Waals surface area contributed by atoms with Crippen LogP contribution < -0.4 is 10.2 Å². The van der Waals surface area contributed by atoms with Crippen LogP contribution in [0.15, 0.2) is 36.5 Å². The van der Waals surface area contributed by atoms with Crippen molar-refractivity contribution in [2.75, 3.05) is 24.5 Å². The Hall–Kier alpha value is -2.10. The molecule has 86 valence electrons. The number of aromatic nitrogens is 1. The van der Waals surface area contributed by atoms with Crippen LogP contribution in [0.5, 0.6) is 0 Å². The second kappa shape index (κ2) is 4.05. The highest BCUT2D eigenvalue weighted by molar-refractivity contribution is 5.86. The van der Waals surface area contributed by atoms with E-state index in [0.29, 0.717) is 13.1 Å². The summed E-state index contributed by atoms with van der Waals surface area (Å²) in [6, 6.07) is 10.1. The van der Waals surface area contributed by atoms with E-state index in [1.165, 1.54) is 0 Å². The second-order valence-corrected chi connectivity index (χ2v) is 4.15. The van der Waals surface area contributed by atoms with E-state index in [1.54, 1.807) is 6.20 Å². The quantitative estimate of drug-likeness (QED) is 0.795. The summed E-state index contributed by atoms with van der Waals surface area (Å²) in [6.07, 6.45) is 1.79. The van der Waals surface area contributed by atoms with Crippen LogP contribution in [0.3, 0.4) is 0 Å². The molecule has 1 N–H and O–H groups in total. The Bertz CT molecular complexity index is 567.